The highest BCUT2D eigenvalue weighted by Crippen LogP contribution is 2.44. The van der Waals surface area contributed by atoms with Gasteiger partial charge in [0.15, 0.2) is 0 Å². The van der Waals surface area contributed by atoms with Crippen LogP contribution in [0.15, 0.2) is 17.1 Å². The fourth-order valence-electron chi connectivity index (χ4n) is 5.25. The molecule has 0 spiro atoms. The maximum atomic E-state index is 12.8. The first-order valence-electron chi connectivity index (χ1n) is 9.93. The zero-order chi connectivity index (χ0) is 18.9. The average Bonchev–Trinajstić information content (AvgIpc) is 3.48. The SMILES string of the molecule is Cc1c(N2CC3CCC2CC3)c(N)cc2c(=O)c(C(=O)O)cn(C3CC3)c12. The van der Waals surface area contributed by atoms with Crippen molar-refractivity contribution in [3.8, 4) is 0 Å². The van der Waals surface area contributed by atoms with E-state index in [0.717, 1.165) is 42.1 Å². The van der Waals surface area contributed by atoms with Crippen LogP contribution in [0.1, 0.15) is 60.5 Å². The minimum Gasteiger partial charge on any atom is -0.477 e. The molecule has 2 bridgehead atoms. The number of nitrogens with zero attached hydrogens (tertiary/aromatic N) is 2. The molecule has 6 nitrogen and oxygen atoms in total. The number of aryl methyl sites for hydroxylation is 1. The molecule has 1 aromatic carbocycles. The molecule has 2 saturated carbocycles. The van der Waals surface area contributed by atoms with Crippen LogP contribution in [-0.4, -0.2) is 28.2 Å². The molecule has 0 amide bonds. The highest BCUT2D eigenvalue weighted by atomic mass is 16.4. The van der Waals surface area contributed by atoms with E-state index in [1.54, 1.807) is 12.3 Å². The second kappa shape index (κ2) is 5.75. The molecule has 3 heterocycles. The van der Waals surface area contributed by atoms with Crippen LogP contribution in [0.25, 0.3) is 10.9 Å². The van der Waals surface area contributed by atoms with Crippen molar-refractivity contribution in [1.29, 1.82) is 0 Å². The Balaban J connectivity index is 1.77. The van der Waals surface area contributed by atoms with Crippen LogP contribution >= 0.6 is 0 Å². The number of nitrogen functional groups attached to an aromatic ring is 1. The van der Waals surface area contributed by atoms with Gasteiger partial charge in [-0.15, -0.1) is 0 Å². The number of hydrogen-bond acceptors (Lipinski definition) is 4. The molecule has 0 atom stereocenters. The first kappa shape index (κ1) is 16.7. The summed E-state index contributed by atoms with van der Waals surface area (Å²) in [5.74, 6) is -0.450. The number of anilines is 2. The summed E-state index contributed by atoms with van der Waals surface area (Å²) in [5.41, 5.74) is 9.36. The average molecular weight is 367 g/mol. The Morgan fingerprint density at radius 3 is 2.37 bits per heavy atom. The number of carboxylic acid groups (broad SMARTS) is 1. The van der Waals surface area contributed by atoms with Crippen molar-refractivity contribution in [2.75, 3.05) is 17.2 Å². The van der Waals surface area contributed by atoms with Gasteiger partial charge in [0, 0.05) is 30.2 Å². The molecular formula is C21H25N3O3. The van der Waals surface area contributed by atoms with E-state index in [2.05, 4.69) is 4.90 Å². The predicted molar refractivity (Wildman–Crippen MR) is 106 cm³/mol. The van der Waals surface area contributed by atoms with E-state index in [-0.39, 0.29) is 11.6 Å². The Labute approximate surface area is 157 Å². The van der Waals surface area contributed by atoms with Crippen LogP contribution in [0.2, 0.25) is 0 Å². The van der Waals surface area contributed by atoms with E-state index in [1.807, 2.05) is 11.5 Å². The number of pyridine rings is 1. The normalized spacial score (nSPS) is 24.6. The van der Waals surface area contributed by atoms with Crippen LogP contribution in [0, 0.1) is 12.8 Å². The van der Waals surface area contributed by atoms with Crippen molar-refractivity contribution in [1.82, 2.24) is 4.57 Å². The van der Waals surface area contributed by atoms with Gasteiger partial charge in [0.1, 0.15) is 5.56 Å². The molecular weight excluding hydrogens is 342 g/mol. The quantitative estimate of drug-likeness (QED) is 0.813. The minimum atomic E-state index is -1.18. The second-order valence-corrected chi connectivity index (χ2v) is 8.48. The number of fused-ring (bicyclic) bond motifs is 4. The standard InChI is InChI=1S/C21H25N3O3/c1-11-18-15(20(25)16(21(26)27)10-24(18)14-6-7-14)8-17(22)19(11)23-9-12-2-4-13(23)5-3-12/h8,10,12-14H,2-7,9,22H2,1H3,(H,26,27). The van der Waals surface area contributed by atoms with Gasteiger partial charge in [-0.05, 0) is 63.0 Å². The van der Waals surface area contributed by atoms with Crippen LogP contribution in [-0.2, 0) is 0 Å². The molecule has 4 aliphatic rings. The molecule has 27 heavy (non-hydrogen) atoms. The lowest BCUT2D eigenvalue weighted by atomic mass is 9.79. The summed E-state index contributed by atoms with van der Waals surface area (Å²) in [6.45, 7) is 3.07. The summed E-state index contributed by atoms with van der Waals surface area (Å²) < 4.78 is 2.01. The van der Waals surface area contributed by atoms with E-state index in [1.165, 1.54) is 25.7 Å². The lowest BCUT2D eigenvalue weighted by molar-refractivity contribution is 0.0695. The van der Waals surface area contributed by atoms with Gasteiger partial charge < -0.3 is 20.3 Å². The highest BCUT2D eigenvalue weighted by molar-refractivity contribution is 5.98. The molecule has 2 aliphatic carbocycles. The summed E-state index contributed by atoms with van der Waals surface area (Å²) in [6.07, 6.45) is 8.57. The van der Waals surface area contributed by atoms with Gasteiger partial charge in [0.25, 0.3) is 0 Å². The van der Waals surface area contributed by atoms with Gasteiger partial charge in [0.2, 0.25) is 5.43 Å². The number of aromatic carboxylic acids is 1. The van der Waals surface area contributed by atoms with Gasteiger partial charge in [-0.25, -0.2) is 4.79 Å². The Hall–Kier alpha value is -2.50. The monoisotopic (exact) mass is 367 g/mol. The zero-order valence-electron chi connectivity index (χ0n) is 15.6. The van der Waals surface area contributed by atoms with E-state index in [0.29, 0.717) is 17.1 Å². The van der Waals surface area contributed by atoms with Crippen molar-refractivity contribution in [2.24, 2.45) is 5.92 Å². The van der Waals surface area contributed by atoms with Crippen molar-refractivity contribution >= 4 is 28.2 Å². The Morgan fingerprint density at radius 1 is 1.15 bits per heavy atom. The van der Waals surface area contributed by atoms with Crippen molar-refractivity contribution in [3.63, 3.8) is 0 Å². The largest absolute Gasteiger partial charge is 0.477 e. The number of hydrogen-bond donors (Lipinski definition) is 2. The Bertz CT molecular complexity index is 1010. The first-order valence-corrected chi connectivity index (χ1v) is 9.93. The second-order valence-electron chi connectivity index (χ2n) is 8.48. The summed E-state index contributed by atoms with van der Waals surface area (Å²) >= 11 is 0. The first-order chi connectivity index (χ1) is 13.0. The highest BCUT2D eigenvalue weighted by Gasteiger charge is 2.36. The van der Waals surface area contributed by atoms with Gasteiger partial charge >= 0.3 is 5.97 Å². The number of piperidine rings is 2. The zero-order valence-corrected chi connectivity index (χ0v) is 15.6. The molecule has 2 aliphatic heterocycles. The fraction of sp³-hybridized carbons (Fsp3) is 0.524. The number of carbonyl (C=O) groups is 1. The maximum Gasteiger partial charge on any atom is 0.341 e. The van der Waals surface area contributed by atoms with Crippen LogP contribution < -0.4 is 16.1 Å². The molecule has 6 rings (SSSR count). The number of carboxylic acids is 1. The third kappa shape index (κ3) is 2.46. The number of aromatic nitrogens is 1. The van der Waals surface area contributed by atoms with Gasteiger partial charge in [-0.1, -0.05) is 0 Å². The molecule has 2 saturated heterocycles. The third-order valence-corrected chi connectivity index (χ3v) is 6.72. The molecule has 142 valence electrons. The van der Waals surface area contributed by atoms with E-state index >= 15 is 0 Å². The van der Waals surface area contributed by atoms with E-state index < -0.39 is 11.4 Å². The number of nitrogens with two attached hydrogens (primary N) is 1. The maximum absolute atomic E-state index is 12.8. The third-order valence-electron chi connectivity index (χ3n) is 6.72. The molecule has 6 heteroatoms. The molecule has 3 N–H and O–H groups in total. The number of rotatable bonds is 3. The Kier molecular flexibility index (Phi) is 3.55. The Morgan fingerprint density at radius 2 is 1.81 bits per heavy atom. The smallest absolute Gasteiger partial charge is 0.341 e. The lowest BCUT2D eigenvalue weighted by Gasteiger charge is -2.47. The lowest BCUT2D eigenvalue weighted by Crippen LogP contribution is -2.48. The summed E-state index contributed by atoms with van der Waals surface area (Å²) in [7, 11) is 0. The molecule has 2 aromatic rings. The van der Waals surface area contributed by atoms with Crippen molar-refractivity contribution < 1.29 is 9.90 Å². The topological polar surface area (TPSA) is 88.6 Å². The van der Waals surface area contributed by atoms with E-state index in [4.69, 9.17) is 5.73 Å². The van der Waals surface area contributed by atoms with Crippen LogP contribution in [0.4, 0.5) is 11.4 Å². The van der Waals surface area contributed by atoms with Gasteiger partial charge in [0.05, 0.1) is 16.9 Å². The molecule has 4 fully saturated rings. The van der Waals surface area contributed by atoms with E-state index in [9.17, 15) is 14.7 Å². The fourth-order valence-corrected chi connectivity index (χ4v) is 5.25. The minimum absolute atomic E-state index is 0.169. The summed E-state index contributed by atoms with van der Waals surface area (Å²) in [6, 6.07) is 2.51. The van der Waals surface area contributed by atoms with Crippen molar-refractivity contribution in [2.45, 2.75) is 57.5 Å². The summed E-state index contributed by atoms with van der Waals surface area (Å²) in [4.78, 5) is 26.9. The summed E-state index contributed by atoms with van der Waals surface area (Å²) in [5, 5.41) is 9.90. The predicted octanol–water partition coefficient (Wildman–Crippen LogP) is 3.30. The van der Waals surface area contributed by atoms with Gasteiger partial charge in [-0.2, -0.15) is 0 Å². The molecule has 0 radical (unpaired) electrons. The molecule has 0 unspecified atom stereocenters. The number of benzene rings is 1. The van der Waals surface area contributed by atoms with Crippen LogP contribution in [0.3, 0.4) is 0 Å². The molecule has 1 aromatic heterocycles. The van der Waals surface area contributed by atoms with Crippen LogP contribution in [0.5, 0.6) is 0 Å². The van der Waals surface area contributed by atoms with Crippen molar-refractivity contribution in [3.05, 3.63) is 33.6 Å². The van der Waals surface area contributed by atoms with Gasteiger partial charge in [-0.3, -0.25) is 4.79 Å².